The van der Waals surface area contributed by atoms with Gasteiger partial charge in [0.2, 0.25) is 5.89 Å². The maximum Gasteiger partial charge on any atom is 0.223 e. The van der Waals surface area contributed by atoms with Gasteiger partial charge in [-0.3, -0.25) is 0 Å². The predicted molar refractivity (Wildman–Crippen MR) is 86.8 cm³/mol. The van der Waals surface area contributed by atoms with Crippen LogP contribution in [0.25, 0.3) is 0 Å². The summed E-state index contributed by atoms with van der Waals surface area (Å²) < 4.78 is 5.06. The third kappa shape index (κ3) is 3.95. The molecule has 2 heterocycles. The number of hydrogen-bond donors (Lipinski definition) is 0. The number of benzene rings is 1. The number of piperidine rings is 1. The second kappa shape index (κ2) is 7.05. The van der Waals surface area contributed by atoms with Crippen molar-refractivity contribution in [2.75, 3.05) is 19.6 Å². The molecule has 3 rings (SSSR count). The van der Waals surface area contributed by atoms with Gasteiger partial charge in [0.25, 0.3) is 0 Å². The number of aryl methyl sites for hydroxylation is 1. The van der Waals surface area contributed by atoms with Crippen LogP contribution in [0.15, 0.2) is 34.9 Å². The Bertz CT molecular complexity index is 573. The first kappa shape index (κ1) is 15.2. The Kier molecular flexibility index (Phi) is 4.88. The van der Waals surface area contributed by atoms with Crippen LogP contribution in [0.2, 0.25) is 0 Å². The highest BCUT2D eigenvalue weighted by molar-refractivity contribution is 5.19. The molecule has 1 atom stereocenters. The van der Waals surface area contributed by atoms with E-state index in [2.05, 4.69) is 52.3 Å². The van der Waals surface area contributed by atoms with E-state index in [1.165, 1.54) is 31.5 Å². The fourth-order valence-corrected chi connectivity index (χ4v) is 3.33. The number of rotatable bonds is 5. The van der Waals surface area contributed by atoms with Crippen LogP contribution in [0.4, 0.5) is 0 Å². The van der Waals surface area contributed by atoms with Gasteiger partial charge in [-0.25, -0.2) is 0 Å². The van der Waals surface area contributed by atoms with E-state index < -0.39 is 0 Å². The van der Waals surface area contributed by atoms with E-state index in [0.717, 1.165) is 18.8 Å². The number of likely N-dealkylation sites (tertiary alicyclic amines) is 1. The van der Waals surface area contributed by atoms with E-state index in [1.54, 1.807) is 0 Å². The maximum atomic E-state index is 5.06. The molecule has 0 N–H and O–H groups in total. The molecular weight excluding hydrogens is 274 g/mol. The largest absolute Gasteiger partial charge is 0.340 e. The summed E-state index contributed by atoms with van der Waals surface area (Å²) >= 11 is 0. The molecular formula is C18H25N3O. The van der Waals surface area contributed by atoms with Crippen LogP contribution >= 0.6 is 0 Å². The zero-order chi connectivity index (χ0) is 15.4. The summed E-state index contributed by atoms with van der Waals surface area (Å²) in [6.45, 7) is 7.68. The third-order valence-electron chi connectivity index (χ3n) is 4.65. The van der Waals surface area contributed by atoms with E-state index >= 15 is 0 Å². The Balaban J connectivity index is 1.45. The molecule has 118 valence electrons. The fourth-order valence-electron chi connectivity index (χ4n) is 3.33. The first-order valence-corrected chi connectivity index (χ1v) is 8.27. The van der Waals surface area contributed by atoms with E-state index in [1.807, 2.05) is 6.92 Å². The van der Waals surface area contributed by atoms with Gasteiger partial charge < -0.3 is 9.42 Å². The van der Waals surface area contributed by atoms with Crippen molar-refractivity contribution in [1.82, 2.24) is 15.0 Å². The van der Waals surface area contributed by atoms with Gasteiger partial charge in [0.1, 0.15) is 0 Å². The van der Waals surface area contributed by atoms with E-state index in [9.17, 15) is 0 Å². The monoisotopic (exact) mass is 299 g/mol. The molecule has 4 nitrogen and oxygen atoms in total. The quantitative estimate of drug-likeness (QED) is 0.848. The molecule has 0 saturated carbocycles. The van der Waals surface area contributed by atoms with Crippen molar-refractivity contribution in [3.05, 3.63) is 47.6 Å². The lowest BCUT2D eigenvalue weighted by molar-refractivity contribution is 0.175. The zero-order valence-electron chi connectivity index (χ0n) is 13.5. The molecule has 1 aliphatic rings. The lowest BCUT2D eigenvalue weighted by atomic mass is 9.92. The standard InChI is InChI=1S/C18H25N3O/c1-14(17-6-4-3-5-7-17)13-21-10-8-16(9-11-21)12-18-19-15(2)22-20-18/h3-7,14,16H,8-13H2,1-2H3/t14-/m0/s1. The van der Waals surface area contributed by atoms with Crippen LogP contribution in [0.5, 0.6) is 0 Å². The minimum Gasteiger partial charge on any atom is -0.340 e. The third-order valence-corrected chi connectivity index (χ3v) is 4.65. The number of hydrogen-bond acceptors (Lipinski definition) is 4. The zero-order valence-corrected chi connectivity index (χ0v) is 13.5. The van der Waals surface area contributed by atoms with Crippen molar-refractivity contribution >= 4 is 0 Å². The van der Waals surface area contributed by atoms with Gasteiger partial charge in [0.05, 0.1) is 0 Å². The molecule has 22 heavy (non-hydrogen) atoms. The van der Waals surface area contributed by atoms with Crippen LogP contribution in [0.1, 0.15) is 43.0 Å². The minimum absolute atomic E-state index is 0.595. The van der Waals surface area contributed by atoms with Crippen molar-refractivity contribution in [2.24, 2.45) is 5.92 Å². The van der Waals surface area contributed by atoms with Crippen LogP contribution < -0.4 is 0 Å². The maximum absolute atomic E-state index is 5.06. The lowest BCUT2D eigenvalue weighted by Gasteiger charge is -2.33. The molecule has 0 bridgehead atoms. The first-order valence-electron chi connectivity index (χ1n) is 8.27. The van der Waals surface area contributed by atoms with Gasteiger partial charge in [-0.1, -0.05) is 42.4 Å². The van der Waals surface area contributed by atoms with Crippen LogP contribution in [-0.4, -0.2) is 34.7 Å². The van der Waals surface area contributed by atoms with Gasteiger partial charge >= 0.3 is 0 Å². The van der Waals surface area contributed by atoms with Gasteiger partial charge in [-0.2, -0.15) is 4.98 Å². The first-order chi connectivity index (χ1) is 10.7. The Morgan fingerprint density at radius 3 is 2.59 bits per heavy atom. The second-order valence-corrected chi connectivity index (χ2v) is 6.49. The Morgan fingerprint density at radius 1 is 1.23 bits per heavy atom. The summed E-state index contributed by atoms with van der Waals surface area (Å²) in [6, 6.07) is 10.8. The Morgan fingerprint density at radius 2 is 1.95 bits per heavy atom. The Labute approximate surface area is 132 Å². The minimum atomic E-state index is 0.595. The number of nitrogens with zero attached hydrogens (tertiary/aromatic N) is 3. The molecule has 4 heteroatoms. The summed E-state index contributed by atoms with van der Waals surface area (Å²) in [5.41, 5.74) is 1.44. The smallest absolute Gasteiger partial charge is 0.223 e. The summed E-state index contributed by atoms with van der Waals surface area (Å²) in [5, 5.41) is 4.02. The van der Waals surface area contributed by atoms with E-state index in [0.29, 0.717) is 17.7 Å². The van der Waals surface area contributed by atoms with Crippen molar-refractivity contribution in [3.8, 4) is 0 Å². The molecule has 2 aromatic rings. The molecule has 1 aromatic heterocycles. The molecule has 0 unspecified atom stereocenters. The topological polar surface area (TPSA) is 42.2 Å². The highest BCUT2D eigenvalue weighted by atomic mass is 16.5. The summed E-state index contributed by atoms with van der Waals surface area (Å²) in [4.78, 5) is 6.91. The summed E-state index contributed by atoms with van der Waals surface area (Å²) in [5.74, 6) is 2.83. The predicted octanol–water partition coefficient (Wildman–Crippen LogP) is 3.44. The van der Waals surface area contributed by atoms with Crippen molar-refractivity contribution in [2.45, 2.75) is 39.0 Å². The Hall–Kier alpha value is -1.68. The van der Waals surface area contributed by atoms with Crippen molar-refractivity contribution in [3.63, 3.8) is 0 Å². The number of aromatic nitrogens is 2. The van der Waals surface area contributed by atoms with Crippen LogP contribution in [0.3, 0.4) is 0 Å². The van der Waals surface area contributed by atoms with Gasteiger partial charge in [0.15, 0.2) is 5.82 Å². The molecule has 0 radical (unpaired) electrons. The molecule has 1 saturated heterocycles. The van der Waals surface area contributed by atoms with E-state index in [-0.39, 0.29) is 0 Å². The molecule has 0 spiro atoms. The second-order valence-electron chi connectivity index (χ2n) is 6.49. The lowest BCUT2D eigenvalue weighted by Crippen LogP contribution is -2.36. The highest BCUT2D eigenvalue weighted by Crippen LogP contribution is 2.23. The van der Waals surface area contributed by atoms with Gasteiger partial charge in [-0.05, 0) is 43.3 Å². The van der Waals surface area contributed by atoms with Crippen molar-refractivity contribution < 1.29 is 4.52 Å². The SMILES string of the molecule is Cc1nc(CC2CCN(C[C@H](C)c3ccccc3)CC2)no1. The molecule has 1 fully saturated rings. The normalized spacial score (nSPS) is 18.5. The molecule has 1 aliphatic heterocycles. The summed E-state index contributed by atoms with van der Waals surface area (Å²) in [7, 11) is 0. The molecule has 1 aromatic carbocycles. The fraction of sp³-hybridized carbons (Fsp3) is 0.556. The average molecular weight is 299 g/mol. The van der Waals surface area contributed by atoms with Crippen LogP contribution in [-0.2, 0) is 6.42 Å². The highest BCUT2D eigenvalue weighted by Gasteiger charge is 2.22. The average Bonchev–Trinajstić information content (AvgIpc) is 2.95. The molecule has 0 amide bonds. The molecule has 0 aliphatic carbocycles. The van der Waals surface area contributed by atoms with Crippen LogP contribution in [0, 0.1) is 12.8 Å². The van der Waals surface area contributed by atoms with Gasteiger partial charge in [0, 0.05) is 19.9 Å². The van der Waals surface area contributed by atoms with E-state index in [4.69, 9.17) is 4.52 Å². The summed E-state index contributed by atoms with van der Waals surface area (Å²) in [6.07, 6.45) is 3.42. The van der Waals surface area contributed by atoms with Crippen molar-refractivity contribution in [1.29, 1.82) is 0 Å². The van der Waals surface area contributed by atoms with Gasteiger partial charge in [-0.15, -0.1) is 0 Å².